The number of nitrogens with one attached hydrogen (secondary N) is 1. The number of carboxylic acid groups (broad SMARTS) is 1. The Labute approximate surface area is 159 Å². The Balaban J connectivity index is 2.06. The lowest BCUT2D eigenvalue weighted by atomic mass is 10.1. The normalized spacial score (nSPS) is 10.1. The van der Waals surface area contributed by atoms with Crippen molar-refractivity contribution in [3.63, 3.8) is 0 Å². The van der Waals surface area contributed by atoms with E-state index in [1.165, 1.54) is 6.42 Å². The lowest BCUT2D eigenvalue weighted by molar-refractivity contribution is -0.137. The number of unbranched alkanes of at least 4 members (excludes halogenated alkanes) is 8. The van der Waals surface area contributed by atoms with E-state index in [4.69, 9.17) is 15.5 Å². The van der Waals surface area contributed by atoms with E-state index in [-0.39, 0.29) is 18.1 Å². The predicted molar refractivity (Wildman–Crippen MR) is 102 cm³/mol. The Morgan fingerprint density at radius 1 is 1.00 bits per heavy atom. The third kappa shape index (κ3) is 10.8. The van der Waals surface area contributed by atoms with E-state index in [9.17, 15) is 9.59 Å². The molecule has 8 heteroatoms. The molecule has 8 nitrogen and oxygen atoms in total. The fourth-order valence-electron chi connectivity index (χ4n) is 2.73. The van der Waals surface area contributed by atoms with Gasteiger partial charge in [0, 0.05) is 17.9 Å². The Morgan fingerprint density at radius 3 is 2.22 bits per heavy atom. The van der Waals surface area contributed by atoms with Crippen molar-refractivity contribution in [2.75, 3.05) is 6.54 Å². The lowest BCUT2D eigenvalue weighted by Gasteiger charge is -2.08. The van der Waals surface area contributed by atoms with Crippen molar-refractivity contribution in [2.24, 2.45) is 5.28 Å². The minimum atomic E-state index is -0.714. The van der Waals surface area contributed by atoms with Crippen molar-refractivity contribution in [3.05, 3.63) is 40.3 Å². The molecule has 1 amide bonds. The van der Waals surface area contributed by atoms with E-state index in [0.29, 0.717) is 12.1 Å². The molecular weight excluding hydrogens is 348 g/mol. The fraction of sp³-hybridized carbons (Fsp3) is 0.579. The summed E-state index contributed by atoms with van der Waals surface area (Å²) in [6.07, 6.45) is 9.70. The second kappa shape index (κ2) is 14.4. The molecule has 0 saturated carbocycles. The number of rotatable bonds is 15. The summed E-state index contributed by atoms with van der Waals surface area (Å²) in [6.45, 7) is 0.587. The molecule has 0 aliphatic carbocycles. The van der Waals surface area contributed by atoms with Crippen molar-refractivity contribution in [1.82, 2.24) is 5.32 Å². The van der Waals surface area contributed by atoms with Gasteiger partial charge >= 0.3 is 5.97 Å². The number of hydrogen-bond acceptors (Lipinski definition) is 4. The van der Waals surface area contributed by atoms with Crippen LogP contribution in [0.4, 0.5) is 0 Å². The average Bonchev–Trinajstić information content (AvgIpc) is 2.67. The van der Waals surface area contributed by atoms with Crippen molar-refractivity contribution in [1.29, 1.82) is 0 Å². The standard InChI is InChI=1S/C19H28N4O4/c20-22-23-27-17-13-10-9-12-16(17)19(26)21-15-11-7-5-3-1-2-4-6-8-14-18(24)25/h9-10,12-13H,1-8,11,14-15H2,(H,21,26)(H,24,25). The number of azide groups is 1. The summed E-state index contributed by atoms with van der Waals surface area (Å²) in [5.74, 6) is -0.731. The molecule has 27 heavy (non-hydrogen) atoms. The van der Waals surface area contributed by atoms with E-state index in [2.05, 4.69) is 15.5 Å². The maximum atomic E-state index is 12.2. The second-order valence-electron chi connectivity index (χ2n) is 6.34. The zero-order chi connectivity index (χ0) is 19.7. The molecule has 0 fully saturated rings. The molecule has 0 aliphatic heterocycles. The Kier molecular flexibility index (Phi) is 11.9. The van der Waals surface area contributed by atoms with E-state index in [0.717, 1.165) is 51.4 Å². The smallest absolute Gasteiger partial charge is 0.303 e. The first-order valence-corrected chi connectivity index (χ1v) is 9.45. The molecule has 0 unspecified atom stereocenters. The van der Waals surface area contributed by atoms with Crippen LogP contribution in [-0.2, 0) is 4.79 Å². The van der Waals surface area contributed by atoms with Crippen molar-refractivity contribution in [2.45, 2.75) is 64.2 Å². The molecule has 1 aromatic rings. The van der Waals surface area contributed by atoms with Gasteiger partial charge in [-0.3, -0.25) is 9.59 Å². The summed E-state index contributed by atoms with van der Waals surface area (Å²) in [7, 11) is 0. The molecule has 1 rings (SSSR count). The zero-order valence-corrected chi connectivity index (χ0v) is 15.6. The average molecular weight is 376 g/mol. The third-order valence-electron chi connectivity index (χ3n) is 4.16. The van der Waals surface area contributed by atoms with E-state index >= 15 is 0 Å². The van der Waals surface area contributed by atoms with Crippen LogP contribution in [0.1, 0.15) is 74.6 Å². The molecule has 2 N–H and O–H groups in total. The molecule has 148 valence electrons. The molecular formula is C19H28N4O4. The first kappa shape index (κ1) is 22.3. The van der Waals surface area contributed by atoms with Crippen molar-refractivity contribution in [3.8, 4) is 5.75 Å². The SMILES string of the molecule is [N-]=[N+]=NOc1ccccc1C(=O)NCCCCCCCCCCCC(=O)O. The number of carbonyl (C=O) groups excluding carboxylic acids is 1. The van der Waals surface area contributed by atoms with Crippen molar-refractivity contribution < 1.29 is 19.5 Å². The van der Waals surface area contributed by atoms with Gasteiger partial charge in [0.2, 0.25) is 0 Å². The maximum Gasteiger partial charge on any atom is 0.303 e. The number of para-hydroxylation sites is 1. The molecule has 1 aromatic carbocycles. The van der Waals surface area contributed by atoms with E-state index in [1.807, 2.05) is 0 Å². The summed E-state index contributed by atoms with van der Waals surface area (Å²) >= 11 is 0. The van der Waals surface area contributed by atoms with E-state index < -0.39 is 5.97 Å². The summed E-state index contributed by atoms with van der Waals surface area (Å²) in [5.41, 5.74) is 8.64. The highest BCUT2D eigenvalue weighted by molar-refractivity contribution is 5.96. The van der Waals surface area contributed by atoms with Gasteiger partial charge in [-0.1, -0.05) is 57.1 Å². The molecule has 0 spiro atoms. The monoisotopic (exact) mass is 376 g/mol. The number of amides is 1. The maximum absolute atomic E-state index is 12.2. The zero-order valence-electron chi connectivity index (χ0n) is 15.6. The number of aliphatic carboxylic acids is 1. The van der Waals surface area contributed by atoms with Gasteiger partial charge in [0.1, 0.15) is 11.0 Å². The van der Waals surface area contributed by atoms with Crippen LogP contribution >= 0.6 is 0 Å². The minimum absolute atomic E-state index is 0.233. The lowest BCUT2D eigenvalue weighted by Crippen LogP contribution is -2.24. The van der Waals surface area contributed by atoms with Crippen molar-refractivity contribution >= 4 is 11.9 Å². The summed E-state index contributed by atoms with van der Waals surface area (Å²) < 4.78 is 0. The second-order valence-corrected chi connectivity index (χ2v) is 6.34. The van der Waals surface area contributed by atoms with Gasteiger partial charge in [0.15, 0.2) is 0 Å². The van der Waals surface area contributed by atoms with Crippen LogP contribution in [0, 0.1) is 0 Å². The molecule has 0 aromatic heterocycles. The fourth-order valence-corrected chi connectivity index (χ4v) is 2.73. The van der Waals surface area contributed by atoms with Gasteiger partial charge in [-0.05, 0) is 30.5 Å². The summed E-state index contributed by atoms with van der Waals surface area (Å²) in [4.78, 5) is 29.9. The predicted octanol–water partition coefficient (Wildman–Crippen LogP) is 5.01. The van der Waals surface area contributed by atoms with Crippen LogP contribution in [0.15, 0.2) is 29.5 Å². The molecule has 0 radical (unpaired) electrons. The number of nitrogens with zero attached hydrogens (tertiary/aromatic N) is 3. The minimum Gasteiger partial charge on any atom is -0.481 e. The van der Waals surface area contributed by atoms with Gasteiger partial charge in [0.05, 0.1) is 5.56 Å². The van der Waals surface area contributed by atoms with Gasteiger partial charge < -0.3 is 15.3 Å². The number of benzene rings is 1. The Morgan fingerprint density at radius 2 is 1.59 bits per heavy atom. The van der Waals surface area contributed by atoms with Crippen LogP contribution in [0.5, 0.6) is 5.75 Å². The van der Waals surface area contributed by atoms with Gasteiger partial charge in [-0.15, -0.1) is 0 Å². The van der Waals surface area contributed by atoms with Gasteiger partial charge in [-0.25, -0.2) is 0 Å². The van der Waals surface area contributed by atoms with Gasteiger partial charge in [0.25, 0.3) is 5.91 Å². The molecule has 0 bridgehead atoms. The summed E-state index contributed by atoms with van der Waals surface area (Å²) in [6, 6.07) is 6.62. The van der Waals surface area contributed by atoms with Crippen LogP contribution in [0.2, 0.25) is 0 Å². The first-order chi connectivity index (χ1) is 13.1. The molecule has 0 aliphatic rings. The van der Waals surface area contributed by atoms with Gasteiger partial charge in [-0.2, -0.15) is 0 Å². The van der Waals surface area contributed by atoms with Crippen LogP contribution in [0.25, 0.3) is 10.4 Å². The largest absolute Gasteiger partial charge is 0.481 e. The Hall–Kier alpha value is -2.73. The summed E-state index contributed by atoms with van der Waals surface area (Å²) in [5, 5.41) is 14.4. The number of carboxylic acids is 1. The van der Waals surface area contributed by atoms with Crippen LogP contribution < -0.4 is 10.2 Å². The van der Waals surface area contributed by atoms with E-state index in [1.54, 1.807) is 24.3 Å². The molecule has 0 saturated heterocycles. The molecule has 0 heterocycles. The molecule has 0 atom stereocenters. The highest BCUT2D eigenvalue weighted by Gasteiger charge is 2.11. The van der Waals surface area contributed by atoms with Crippen LogP contribution in [0.3, 0.4) is 0 Å². The quantitative estimate of drug-likeness (QED) is 0.147. The number of hydrogen-bond donors (Lipinski definition) is 2. The first-order valence-electron chi connectivity index (χ1n) is 9.45. The topological polar surface area (TPSA) is 124 Å². The highest BCUT2D eigenvalue weighted by atomic mass is 16.6. The highest BCUT2D eigenvalue weighted by Crippen LogP contribution is 2.18. The van der Waals surface area contributed by atoms with Crippen LogP contribution in [-0.4, -0.2) is 23.5 Å². The number of carbonyl (C=O) groups is 2. The third-order valence-corrected chi connectivity index (χ3v) is 4.16. The Bertz CT molecular complexity index is 630.